The topological polar surface area (TPSA) is 29.9 Å². The summed E-state index contributed by atoms with van der Waals surface area (Å²) in [7, 11) is 0. The van der Waals surface area contributed by atoms with Crippen LogP contribution in [0.3, 0.4) is 0 Å². The van der Waals surface area contributed by atoms with Crippen LogP contribution in [0.5, 0.6) is 0 Å². The largest absolute Gasteiger partial charge is 0.312 e. The monoisotopic (exact) mass is 245 g/mol. The Morgan fingerprint density at radius 2 is 2.00 bits per heavy atom. The van der Waals surface area contributed by atoms with Gasteiger partial charge in [0.25, 0.3) is 0 Å². The van der Waals surface area contributed by atoms with E-state index in [4.69, 9.17) is 0 Å². The Hall–Kier alpha value is -1.68. The first-order valence-corrected chi connectivity index (χ1v) is 6.12. The lowest BCUT2D eigenvalue weighted by Gasteiger charge is -2.31. The van der Waals surface area contributed by atoms with Gasteiger partial charge in [-0.2, -0.15) is 5.10 Å². The Kier molecular flexibility index (Phi) is 2.48. The summed E-state index contributed by atoms with van der Waals surface area (Å²) in [5, 5.41) is 7.84. The molecule has 1 N–H and O–H groups in total. The Morgan fingerprint density at radius 1 is 1.28 bits per heavy atom. The van der Waals surface area contributed by atoms with Crippen molar-refractivity contribution in [2.24, 2.45) is 0 Å². The molecule has 1 aromatic carbocycles. The Morgan fingerprint density at radius 3 is 2.72 bits per heavy atom. The zero-order chi connectivity index (χ0) is 12.8. The van der Waals surface area contributed by atoms with Gasteiger partial charge in [-0.15, -0.1) is 0 Å². The summed E-state index contributed by atoms with van der Waals surface area (Å²) in [5.41, 5.74) is 3.37. The summed E-state index contributed by atoms with van der Waals surface area (Å²) in [6.07, 6.45) is 1.90. The standard InChI is InChI=1S/C14H16FN3/c1-14(2)9-16-7-10-8-17-18(13(10)14)12-5-3-11(15)4-6-12/h3-6,8,16H,7,9H2,1-2H3. The molecule has 0 unspecified atom stereocenters. The van der Waals surface area contributed by atoms with Gasteiger partial charge in [0.05, 0.1) is 17.6 Å². The fraction of sp³-hybridized carbons (Fsp3) is 0.357. The predicted octanol–water partition coefficient (Wildman–Crippen LogP) is 2.39. The van der Waals surface area contributed by atoms with E-state index in [0.717, 1.165) is 18.8 Å². The van der Waals surface area contributed by atoms with Crippen molar-refractivity contribution in [3.8, 4) is 5.69 Å². The van der Waals surface area contributed by atoms with Crippen LogP contribution in [-0.2, 0) is 12.0 Å². The zero-order valence-electron chi connectivity index (χ0n) is 10.6. The van der Waals surface area contributed by atoms with Crippen LogP contribution in [0.15, 0.2) is 30.5 Å². The van der Waals surface area contributed by atoms with Crippen LogP contribution >= 0.6 is 0 Å². The fourth-order valence-corrected chi connectivity index (χ4v) is 2.60. The van der Waals surface area contributed by atoms with Crippen LogP contribution in [0, 0.1) is 5.82 Å². The molecule has 0 saturated carbocycles. The quantitative estimate of drug-likeness (QED) is 0.836. The van der Waals surface area contributed by atoms with Gasteiger partial charge in [0.2, 0.25) is 0 Å². The number of hydrogen-bond acceptors (Lipinski definition) is 2. The summed E-state index contributed by atoms with van der Waals surface area (Å²) < 4.78 is 14.9. The summed E-state index contributed by atoms with van der Waals surface area (Å²) >= 11 is 0. The highest BCUT2D eigenvalue weighted by molar-refractivity contribution is 5.39. The molecule has 18 heavy (non-hydrogen) atoms. The first-order valence-electron chi connectivity index (χ1n) is 6.12. The maximum atomic E-state index is 13.0. The second-order valence-electron chi connectivity index (χ2n) is 5.39. The van der Waals surface area contributed by atoms with Gasteiger partial charge in [0.1, 0.15) is 5.82 Å². The Labute approximate surface area is 106 Å². The van der Waals surface area contributed by atoms with Crippen LogP contribution in [0.1, 0.15) is 25.1 Å². The summed E-state index contributed by atoms with van der Waals surface area (Å²) in [4.78, 5) is 0. The Balaban J connectivity index is 2.14. The number of rotatable bonds is 1. The maximum absolute atomic E-state index is 13.0. The molecule has 94 valence electrons. The van der Waals surface area contributed by atoms with Gasteiger partial charge < -0.3 is 5.32 Å². The number of nitrogens with zero attached hydrogens (tertiary/aromatic N) is 2. The van der Waals surface area contributed by atoms with E-state index in [1.807, 2.05) is 10.9 Å². The SMILES string of the molecule is CC1(C)CNCc2cnn(-c3ccc(F)cc3)c21. The van der Waals surface area contributed by atoms with E-state index < -0.39 is 0 Å². The molecule has 3 nitrogen and oxygen atoms in total. The maximum Gasteiger partial charge on any atom is 0.123 e. The van der Waals surface area contributed by atoms with Crippen molar-refractivity contribution in [2.45, 2.75) is 25.8 Å². The van der Waals surface area contributed by atoms with Crippen molar-refractivity contribution >= 4 is 0 Å². The first-order chi connectivity index (χ1) is 8.58. The minimum Gasteiger partial charge on any atom is -0.312 e. The Bertz CT molecular complexity index is 569. The van der Waals surface area contributed by atoms with Crippen molar-refractivity contribution in [3.05, 3.63) is 47.5 Å². The third-order valence-electron chi connectivity index (χ3n) is 3.44. The molecular formula is C14H16FN3. The van der Waals surface area contributed by atoms with Gasteiger partial charge in [0, 0.05) is 24.1 Å². The van der Waals surface area contributed by atoms with Crippen molar-refractivity contribution in [1.29, 1.82) is 0 Å². The summed E-state index contributed by atoms with van der Waals surface area (Å²) in [5.74, 6) is -0.222. The van der Waals surface area contributed by atoms with Gasteiger partial charge >= 0.3 is 0 Å². The summed E-state index contributed by atoms with van der Waals surface area (Å²) in [6.45, 7) is 6.16. The number of fused-ring (bicyclic) bond motifs is 1. The van der Waals surface area contributed by atoms with E-state index in [2.05, 4.69) is 24.3 Å². The smallest absolute Gasteiger partial charge is 0.123 e. The third kappa shape index (κ3) is 1.73. The highest BCUT2D eigenvalue weighted by Crippen LogP contribution is 2.31. The van der Waals surface area contributed by atoms with Gasteiger partial charge in [-0.3, -0.25) is 0 Å². The van der Waals surface area contributed by atoms with E-state index in [1.165, 1.54) is 23.4 Å². The minimum atomic E-state index is -0.222. The molecule has 1 aromatic heterocycles. The summed E-state index contributed by atoms with van der Waals surface area (Å²) in [6, 6.07) is 6.47. The molecular weight excluding hydrogens is 229 g/mol. The second-order valence-corrected chi connectivity index (χ2v) is 5.39. The number of halogens is 1. The zero-order valence-corrected chi connectivity index (χ0v) is 10.6. The fourth-order valence-electron chi connectivity index (χ4n) is 2.60. The van der Waals surface area contributed by atoms with Crippen LogP contribution in [0.25, 0.3) is 5.69 Å². The lowest BCUT2D eigenvalue weighted by molar-refractivity contribution is 0.414. The highest BCUT2D eigenvalue weighted by atomic mass is 19.1. The molecule has 2 aromatic rings. The molecule has 0 atom stereocenters. The lowest BCUT2D eigenvalue weighted by Crippen LogP contribution is -2.39. The average molecular weight is 245 g/mol. The van der Waals surface area contributed by atoms with Crippen LogP contribution in [0.2, 0.25) is 0 Å². The molecule has 2 heterocycles. The van der Waals surface area contributed by atoms with Crippen LogP contribution < -0.4 is 5.32 Å². The molecule has 0 aliphatic carbocycles. The molecule has 0 amide bonds. The van der Waals surface area contributed by atoms with Crippen molar-refractivity contribution in [2.75, 3.05) is 6.54 Å². The predicted molar refractivity (Wildman–Crippen MR) is 68.3 cm³/mol. The molecule has 0 bridgehead atoms. The van der Waals surface area contributed by atoms with Crippen molar-refractivity contribution in [3.63, 3.8) is 0 Å². The number of aromatic nitrogens is 2. The van der Waals surface area contributed by atoms with Gasteiger partial charge in [-0.25, -0.2) is 9.07 Å². The van der Waals surface area contributed by atoms with E-state index in [-0.39, 0.29) is 11.2 Å². The highest BCUT2D eigenvalue weighted by Gasteiger charge is 2.31. The normalized spacial score (nSPS) is 17.5. The first kappa shape index (κ1) is 11.4. The molecule has 1 aliphatic heterocycles. The van der Waals surface area contributed by atoms with E-state index in [1.54, 1.807) is 12.1 Å². The van der Waals surface area contributed by atoms with E-state index in [9.17, 15) is 4.39 Å². The van der Waals surface area contributed by atoms with Crippen molar-refractivity contribution in [1.82, 2.24) is 15.1 Å². The van der Waals surface area contributed by atoms with Gasteiger partial charge in [0.15, 0.2) is 0 Å². The average Bonchev–Trinajstić information content (AvgIpc) is 2.75. The van der Waals surface area contributed by atoms with Crippen LogP contribution in [0.4, 0.5) is 4.39 Å². The van der Waals surface area contributed by atoms with Gasteiger partial charge in [-0.1, -0.05) is 13.8 Å². The molecule has 0 spiro atoms. The van der Waals surface area contributed by atoms with Gasteiger partial charge in [-0.05, 0) is 24.3 Å². The third-order valence-corrected chi connectivity index (χ3v) is 3.44. The molecule has 0 fully saturated rings. The van der Waals surface area contributed by atoms with E-state index >= 15 is 0 Å². The molecule has 4 heteroatoms. The molecule has 0 radical (unpaired) electrons. The number of benzene rings is 1. The van der Waals surface area contributed by atoms with E-state index in [0.29, 0.717) is 0 Å². The molecule has 1 aliphatic rings. The number of hydrogen-bond donors (Lipinski definition) is 1. The molecule has 3 rings (SSSR count). The number of nitrogens with one attached hydrogen (secondary N) is 1. The minimum absolute atomic E-state index is 0.0263. The lowest BCUT2D eigenvalue weighted by atomic mass is 9.84. The van der Waals surface area contributed by atoms with Crippen molar-refractivity contribution < 1.29 is 4.39 Å². The second kappa shape index (κ2) is 3.92. The van der Waals surface area contributed by atoms with Crippen LogP contribution in [-0.4, -0.2) is 16.3 Å². The molecule has 0 saturated heterocycles.